The van der Waals surface area contributed by atoms with Gasteiger partial charge in [-0.1, -0.05) is 0 Å². The van der Waals surface area contributed by atoms with E-state index in [2.05, 4.69) is 5.32 Å². The third-order valence-corrected chi connectivity index (χ3v) is 1.35. The largest absolute Gasteiger partial charge is 0.506 e. The van der Waals surface area contributed by atoms with Crippen molar-refractivity contribution in [3.05, 3.63) is 18.2 Å². The minimum absolute atomic E-state index is 0. The fraction of sp³-hybridized carbons (Fsp3) is 0.125. The Kier molecular flexibility index (Phi) is 4.07. The lowest BCUT2D eigenvalue weighted by molar-refractivity contribution is -0.114. The molecule has 0 radical (unpaired) electrons. The number of anilines is 2. The van der Waals surface area contributed by atoms with Gasteiger partial charge in [0.2, 0.25) is 5.91 Å². The van der Waals surface area contributed by atoms with Crippen LogP contribution in [0.3, 0.4) is 0 Å². The molecule has 13 heavy (non-hydrogen) atoms. The van der Waals surface area contributed by atoms with E-state index in [-0.39, 0.29) is 29.8 Å². The highest BCUT2D eigenvalue weighted by Gasteiger charge is 1.99. The molecule has 4 nitrogen and oxygen atoms in total. The number of nitrogens with one attached hydrogen (secondary N) is 1. The van der Waals surface area contributed by atoms with E-state index in [9.17, 15) is 4.79 Å². The Bertz CT molecular complexity index is 315. The molecule has 0 aliphatic carbocycles. The number of amides is 1. The summed E-state index contributed by atoms with van der Waals surface area (Å²) < 4.78 is 0. The quantitative estimate of drug-likeness (QED) is 0.366. The van der Waals surface area contributed by atoms with Crippen molar-refractivity contribution in [2.75, 3.05) is 11.1 Å². The molecular weight excluding hydrogens is 192 g/mol. The van der Waals surface area contributed by atoms with Crippen LogP contribution in [0.2, 0.25) is 0 Å². The van der Waals surface area contributed by atoms with E-state index < -0.39 is 0 Å². The van der Waals surface area contributed by atoms with Crippen LogP contribution in [0, 0.1) is 0 Å². The van der Waals surface area contributed by atoms with Crippen molar-refractivity contribution in [1.29, 1.82) is 0 Å². The minimum atomic E-state index is -0.167. The molecule has 0 saturated carbocycles. The average molecular weight is 203 g/mol. The molecule has 72 valence electrons. The summed E-state index contributed by atoms with van der Waals surface area (Å²) in [5.41, 5.74) is 6.23. The summed E-state index contributed by atoms with van der Waals surface area (Å²) in [5, 5.41) is 11.6. The number of benzene rings is 1. The lowest BCUT2D eigenvalue weighted by atomic mass is 10.2. The Morgan fingerprint density at radius 1 is 1.54 bits per heavy atom. The first kappa shape index (κ1) is 11.6. The zero-order chi connectivity index (χ0) is 9.14. The Morgan fingerprint density at radius 3 is 2.62 bits per heavy atom. The number of hydrogen-bond donors (Lipinski definition) is 3. The minimum Gasteiger partial charge on any atom is -0.506 e. The second kappa shape index (κ2) is 4.57. The SMILES string of the molecule is CC(=O)Nc1ccc(O)c(N)c1.Cl. The second-order valence-electron chi connectivity index (χ2n) is 2.45. The van der Waals surface area contributed by atoms with Crippen LogP contribution in [0.1, 0.15) is 6.92 Å². The number of nitrogens with two attached hydrogens (primary N) is 1. The van der Waals surface area contributed by atoms with Crippen molar-refractivity contribution < 1.29 is 9.90 Å². The first-order valence-corrected chi connectivity index (χ1v) is 3.45. The maximum atomic E-state index is 10.6. The van der Waals surface area contributed by atoms with Gasteiger partial charge in [0.05, 0.1) is 5.69 Å². The van der Waals surface area contributed by atoms with Crippen LogP contribution < -0.4 is 11.1 Å². The number of rotatable bonds is 1. The molecule has 0 saturated heterocycles. The summed E-state index contributed by atoms with van der Waals surface area (Å²) >= 11 is 0. The van der Waals surface area contributed by atoms with E-state index in [0.29, 0.717) is 5.69 Å². The third-order valence-electron chi connectivity index (χ3n) is 1.35. The van der Waals surface area contributed by atoms with Gasteiger partial charge in [-0.05, 0) is 18.2 Å². The summed E-state index contributed by atoms with van der Waals surface area (Å²) in [4.78, 5) is 10.6. The van der Waals surface area contributed by atoms with Crippen LogP contribution in [0.4, 0.5) is 11.4 Å². The maximum Gasteiger partial charge on any atom is 0.221 e. The number of carbonyl (C=O) groups is 1. The van der Waals surface area contributed by atoms with Crippen LogP contribution in [0.15, 0.2) is 18.2 Å². The molecule has 0 unspecified atom stereocenters. The number of phenols is 1. The van der Waals surface area contributed by atoms with E-state index >= 15 is 0 Å². The van der Waals surface area contributed by atoms with Crippen LogP contribution in [0.25, 0.3) is 0 Å². The molecule has 0 heterocycles. The van der Waals surface area contributed by atoms with Crippen LogP contribution in [-0.2, 0) is 4.79 Å². The number of hydrogen-bond acceptors (Lipinski definition) is 3. The number of carbonyl (C=O) groups excluding carboxylic acids is 1. The van der Waals surface area contributed by atoms with Gasteiger partial charge in [0.1, 0.15) is 5.75 Å². The van der Waals surface area contributed by atoms with Gasteiger partial charge in [-0.3, -0.25) is 4.79 Å². The molecular formula is C8H11ClN2O2. The van der Waals surface area contributed by atoms with Gasteiger partial charge in [-0.2, -0.15) is 0 Å². The fourth-order valence-corrected chi connectivity index (χ4v) is 0.836. The Balaban J connectivity index is 0.00000144. The molecule has 1 aromatic rings. The molecule has 0 aromatic heterocycles. The molecule has 1 aromatic carbocycles. The fourth-order valence-electron chi connectivity index (χ4n) is 0.836. The van der Waals surface area contributed by atoms with Crippen molar-refractivity contribution in [1.82, 2.24) is 0 Å². The molecule has 0 aliphatic rings. The molecule has 0 bridgehead atoms. The van der Waals surface area contributed by atoms with Crippen molar-refractivity contribution in [3.63, 3.8) is 0 Å². The predicted molar refractivity (Wildman–Crippen MR) is 54.1 cm³/mol. The third kappa shape index (κ3) is 3.21. The number of phenolic OH excluding ortho intramolecular Hbond substituents is 1. The molecule has 1 rings (SSSR count). The Labute approximate surface area is 82.2 Å². The highest BCUT2D eigenvalue weighted by molar-refractivity contribution is 5.89. The van der Waals surface area contributed by atoms with Crippen LogP contribution in [0.5, 0.6) is 5.75 Å². The normalized spacial score (nSPS) is 8.69. The van der Waals surface area contributed by atoms with Gasteiger partial charge < -0.3 is 16.2 Å². The lowest BCUT2D eigenvalue weighted by Crippen LogP contribution is -2.05. The number of halogens is 1. The van der Waals surface area contributed by atoms with Crippen molar-refractivity contribution >= 4 is 29.7 Å². The van der Waals surface area contributed by atoms with Gasteiger partial charge in [-0.25, -0.2) is 0 Å². The highest BCUT2D eigenvalue weighted by atomic mass is 35.5. The standard InChI is InChI=1S/C8H10N2O2.ClH/c1-5(11)10-6-2-3-8(12)7(9)4-6;/h2-4,12H,9H2,1H3,(H,10,11);1H. The number of aromatic hydroxyl groups is 1. The van der Waals surface area contributed by atoms with Crippen molar-refractivity contribution in [3.8, 4) is 5.75 Å². The summed E-state index contributed by atoms with van der Waals surface area (Å²) in [5.74, 6) is -0.149. The summed E-state index contributed by atoms with van der Waals surface area (Å²) in [7, 11) is 0. The topological polar surface area (TPSA) is 75.3 Å². The average Bonchev–Trinajstić information content (AvgIpc) is 1.96. The maximum absolute atomic E-state index is 10.6. The van der Waals surface area contributed by atoms with E-state index in [4.69, 9.17) is 10.8 Å². The highest BCUT2D eigenvalue weighted by Crippen LogP contribution is 2.22. The van der Waals surface area contributed by atoms with Gasteiger partial charge in [0.15, 0.2) is 0 Å². The lowest BCUT2D eigenvalue weighted by Gasteiger charge is -2.03. The van der Waals surface area contributed by atoms with E-state index in [1.807, 2.05) is 0 Å². The zero-order valence-corrected chi connectivity index (χ0v) is 7.89. The zero-order valence-electron chi connectivity index (χ0n) is 7.07. The van der Waals surface area contributed by atoms with Crippen molar-refractivity contribution in [2.45, 2.75) is 6.92 Å². The second-order valence-corrected chi connectivity index (χ2v) is 2.45. The van der Waals surface area contributed by atoms with Gasteiger partial charge >= 0.3 is 0 Å². The molecule has 0 fully saturated rings. The molecule has 0 spiro atoms. The van der Waals surface area contributed by atoms with Crippen molar-refractivity contribution in [2.24, 2.45) is 0 Å². The van der Waals surface area contributed by atoms with E-state index in [1.54, 1.807) is 6.07 Å². The van der Waals surface area contributed by atoms with Gasteiger partial charge in [0.25, 0.3) is 0 Å². The summed E-state index contributed by atoms with van der Waals surface area (Å²) in [6.07, 6.45) is 0. The molecule has 1 amide bonds. The van der Waals surface area contributed by atoms with Gasteiger partial charge in [0, 0.05) is 12.6 Å². The Morgan fingerprint density at radius 2 is 2.15 bits per heavy atom. The first-order valence-electron chi connectivity index (χ1n) is 3.45. The first-order chi connectivity index (χ1) is 5.59. The van der Waals surface area contributed by atoms with Crippen LogP contribution >= 0.6 is 12.4 Å². The van der Waals surface area contributed by atoms with E-state index in [0.717, 1.165) is 0 Å². The summed E-state index contributed by atoms with van der Waals surface area (Å²) in [6, 6.07) is 4.50. The summed E-state index contributed by atoms with van der Waals surface area (Å²) in [6.45, 7) is 1.41. The van der Waals surface area contributed by atoms with E-state index in [1.165, 1.54) is 19.1 Å². The predicted octanol–water partition coefficient (Wildman–Crippen LogP) is 1.35. The number of nitrogen functional groups attached to an aromatic ring is 1. The molecule has 4 N–H and O–H groups in total. The monoisotopic (exact) mass is 202 g/mol. The van der Waals surface area contributed by atoms with Crippen LogP contribution in [-0.4, -0.2) is 11.0 Å². The molecule has 5 heteroatoms. The smallest absolute Gasteiger partial charge is 0.221 e. The van der Waals surface area contributed by atoms with Gasteiger partial charge in [-0.15, -0.1) is 12.4 Å². The Hall–Kier alpha value is -1.42. The molecule has 0 aliphatic heterocycles. The molecule has 0 atom stereocenters.